The molecular formula is C17H30O3. The van der Waals surface area contributed by atoms with E-state index in [2.05, 4.69) is 19.1 Å². The van der Waals surface area contributed by atoms with Gasteiger partial charge in [-0.25, -0.2) is 0 Å². The topological polar surface area (TPSA) is 46.5 Å². The zero-order valence-corrected chi connectivity index (χ0v) is 13.7. The van der Waals surface area contributed by atoms with E-state index in [1.807, 2.05) is 20.8 Å². The van der Waals surface area contributed by atoms with Gasteiger partial charge in [0.2, 0.25) is 0 Å². The molecule has 0 amide bonds. The van der Waals surface area contributed by atoms with Crippen LogP contribution in [0.5, 0.6) is 0 Å². The van der Waals surface area contributed by atoms with E-state index in [1.165, 1.54) is 12.5 Å². The van der Waals surface area contributed by atoms with Crippen molar-refractivity contribution in [2.45, 2.75) is 72.3 Å². The van der Waals surface area contributed by atoms with Crippen molar-refractivity contribution in [2.24, 2.45) is 0 Å². The van der Waals surface area contributed by atoms with Crippen molar-refractivity contribution >= 4 is 5.97 Å². The molecule has 0 aliphatic rings. The third kappa shape index (κ3) is 10.8. The molecular weight excluding hydrogens is 252 g/mol. The first kappa shape index (κ1) is 18.9. The molecule has 20 heavy (non-hydrogen) atoms. The molecule has 0 aromatic rings. The normalized spacial score (nSPS) is 15.9. The van der Waals surface area contributed by atoms with E-state index in [-0.39, 0.29) is 5.97 Å². The molecule has 0 rings (SSSR count). The maximum atomic E-state index is 10.7. The average molecular weight is 282 g/mol. The van der Waals surface area contributed by atoms with Gasteiger partial charge in [-0.3, -0.25) is 4.79 Å². The Kier molecular flexibility index (Phi) is 9.23. The van der Waals surface area contributed by atoms with Gasteiger partial charge in [0.25, 0.3) is 0 Å². The molecule has 0 saturated carbocycles. The first-order chi connectivity index (χ1) is 9.26. The molecule has 1 unspecified atom stereocenters. The Morgan fingerprint density at radius 3 is 2.30 bits per heavy atom. The number of aliphatic hydroxyl groups is 1. The van der Waals surface area contributed by atoms with Crippen LogP contribution in [0.3, 0.4) is 0 Å². The Morgan fingerprint density at radius 2 is 1.75 bits per heavy atom. The molecule has 0 bridgehead atoms. The summed E-state index contributed by atoms with van der Waals surface area (Å²) in [5.74, 6) is -0.239. The van der Waals surface area contributed by atoms with Gasteiger partial charge >= 0.3 is 5.97 Å². The fourth-order valence-corrected chi connectivity index (χ4v) is 1.73. The summed E-state index contributed by atoms with van der Waals surface area (Å²) in [6.07, 6.45) is 8.80. The second-order valence-corrected chi connectivity index (χ2v) is 5.81. The SMILES string of the molecule is CCC(C)(O)CCC=C(C)CCC=C(C)COC(C)=O. The summed E-state index contributed by atoms with van der Waals surface area (Å²) in [4.78, 5) is 10.7. The van der Waals surface area contributed by atoms with Gasteiger partial charge in [0.05, 0.1) is 5.60 Å². The number of hydrogen-bond donors (Lipinski definition) is 1. The number of hydrogen-bond acceptors (Lipinski definition) is 3. The van der Waals surface area contributed by atoms with Gasteiger partial charge in [-0.05, 0) is 58.4 Å². The minimum atomic E-state index is -0.544. The number of esters is 1. The molecule has 0 radical (unpaired) electrons. The van der Waals surface area contributed by atoms with Gasteiger partial charge in [0.15, 0.2) is 0 Å². The Bertz CT molecular complexity index is 351. The van der Waals surface area contributed by atoms with Crippen molar-refractivity contribution in [1.29, 1.82) is 0 Å². The van der Waals surface area contributed by atoms with E-state index in [9.17, 15) is 9.90 Å². The van der Waals surface area contributed by atoms with Crippen molar-refractivity contribution < 1.29 is 14.6 Å². The molecule has 1 atom stereocenters. The molecule has 3 heteroatoms. The van der Waals surface area contributed by atoms with Gasteiger partial charge in [-0.2, -0.15) is 0 Å². The summed E-state index contributed by atoms with van der Waals surface area (Å²) in [6, 6.07) is 0. The van der Waals surface area contributed by atoms with Crippen LogP contribution < -0.4 is 0 Å². The Balaban J connectivity index is 3.94. The Hall–Kier alpha value is -1.09. The highest BCUT2D eigenvalue weighted by atomic mass is 16.5. The summed E-state index contributed by atoms with van der Waals surface area (Å²) < 4.78 is 4.93. The van der Waals surface area contributed by atoms with Crippen molar-refractivity contribution in [3.8, 4) is 0 Å². The van der Waals surface area contributed by atoms with E-state index in [0.717, 1.165) is 37.7 Å². The summed E-state index contributed by atoms with van der Waals surface area (Å²) in [6.45, 7) is 9.80. The smallest absolute Gasteiger partial charge is 0.302 e. The lowest BCUT2D eigenvalue weighted by atomic mass is 9.96. The second-order valence-electron chi connectivity index (χ2n) is 5.81. The lowest BCUT2D eigenvalue weighted by Gasteiger charge is -2.20. The lowest BCUT2D eigenvalue weighted by Crippen LogP contribution is -2.21. The molecule has 0 spiro atoms. The van der Waals surface area contributed by atoms with Gasteiger partial charge in [0, 0.05) is 6.92 Å². The quantitative estimate of drug-likeness (QED) is 0.510. The molecule has 0 aromatic carbocycles. The molecule has 1 N–H and O–H groups in total. The Morgan fingerprint density at radius 1 is 1.15 bits per heavy atom. The number of carbonyl (C=O) groups is 1. The largest absolute Gasteiger partial charge is 0.461 e. The fraction of sp³-hybridized carbons (Fsp3) is 0.706. The number of carbonyl (C=O) groups excluding carboxylic acids is 1. The summed E-state index contributed by atoms with van der Waals surface area (Å²) in [5.41, 5.74) is 1.88. The lowest BCUT2D eigenvalue weighted by molar-refractivity contribution is -0.139. The molecule has 0 saturated heterocycles. The maximum Gasteiger partial charge on any atom is 0.302 e. The highest BCUT2D eigenvalue weighted by Crippen LogP contribution is 2.17. The summed E-state index contributed by atoms with van der Waals surface area (Å²) >= 11 is 0. The standard InChI is InChI=1S/C17H30O3/c1-6-17(5,19)12-8-11-14(2)9-7-10-15(3)13-20-16(4)18/h10-11,19H,6-9,12-13H2,1-5H3. The first-order valence-corrected chi connectivity index (χ1v) is 7.44. The molecule has 0 aromatic heterocycles. The van der Waals surface area contributed by atoms with Gasteiger partial charge < -0.3 is 9.84 Å². The van der Waals surface area contributed by atoms with Crippen LogP contribution >= 0.6 is 0 Å². The first-order valence-electron chi connectivity index (χ1n) is 7.44. The van der Waals surface area contributed by atoms with Crippen LogP contribution in [-0.2, 0) is 9.53 Å². The van der Waals surface area contributed by atoms with Crippen molar-refractivity contribution in [2.75, 3.05) is 6.61 Å². The maximum absolute atomic E-state index is 10.7. The molecule has 0 aliphatic carbocycles. The average Bonchev–Trinajstić information content (AvgIpc) is 2.36. The van der Waals surface area contributed by atoms with E-state index in [4.69, 9.17) is 4.74 Å². The third-order valence-electron chi connectivity index (χ3n) is 3.47. The van der Waals surface area contributed by atoms with Crippen LogP contribution in [-0.4, -0.2) is 23.3 Å². The van der Waals surface area contributed by atoms with E-state index < -0.39 is 5.60 Å². The highest BCUT2D eigenvalue weighted by molar-refractivity contribution is 5.66. The molecule has 3 nitrogen and oxygen atoms in total. The van der Waals surface area contributed by atoms with E-state index in [0.29, 0.717) is 6.61 Å². The van der Waals surface area contributed by atoms with Gasteiger partial charge in [-0.15, -0.1) is 0 Å². The van der Waals surface area contributed by atoms with Gasteiger partial charge in [0.1, 0.15) is 6.61 Å². The minimum absolute atomic E-state index is 0.239. The number of allylic oxidation sites excluding steroid dienone is 3. The predicted molar refractivity (Wildman–Crippen MR) is 83.5 cm³/mol. The fourth-order valence-electron chi connectivity index (χ4n) is 1.73. The number of ether oxygens (including phenoxy) is 1. The van der Waals surface area contributed by atoms with Crippen LogP contribution in [0.15, 0.2) is 23.3 Å². The zero-order chi connectivity index (χ0) is 15.6. The molecule has 0 heterocycles. The number of rotatable bonds is 9. The predicted octanol–water partition coefficient (Wildman–Crippen LogP) is 4.16. The molecule has 116 valence electrons. The van der Waals surface area contributed by atoms with Crippen LogP contribution in [0.1, 0.15) is 66.7 Å². The van der Waals surface area contributed by atoms with Crippen LogP contribution in [0, 0.1) is 0 Å². The molecule has 0 aliphatic heterocycles. The van der Waals surface area contributed by atoms with Crippen molar-refractivity contribution in [1.82, 2.24) is 0 Å². The van der Waals surface area contributed by atoms with Crippen LogP contribution in [0.2, 0.25) is 0 Å². The van der Waals surface area contributed by atoms with Crippen molar-refractivity contribution in [3.63, 3.8) is 0 Å². The van der Waals surface area contributed by atoms with Gasteiger partial charge in [-0.1, -0.05) is 24.6 Å². The third-order valence-corrected chi connectivity index (χ3v) is 3.47. The van der Waals surface area contributed by atoms with Crippen LogP contribution in [0.4, 0.5) is 0 Å². The zero-order valence-electron chi connectivity index (χ0n) is 13.7. The van der Waals surface area contributed by atoms with E-state index in [1.54, 1.807) is 0 Å². The van der Waals surface area contributed by atoms with Crippen LogP contribution in [0.25, 0.3) is 0 Å². The minimum Gasteiger partial charge on any atom is -0.461 e. The summed E-state index contributed by atoms with van der Waals surface area (Å²) in [5, 5.41) is 9.91. The Labute approximate surface area is 123 Å². The molecule has 0 fully saturated rings. The van der Waals surface area contributed by atoms with E-state index >= 15 is 0 Å². The summed E-state index contributed by atoms with van der Waals surface area (Å²) in [7, 11) is 0. The monoisotopic (exact) mass is 282 g/mol. The second kappa shape index (κ2) is 9.76. The van der Waals surface area contributed by atoms with Crippen molar-refractivity contribution in [3.05, 3.63) is 23.3 Å². The highest BCUT2D eigenvalue weighted by Gasteiger charge is 2.15.